The first-order valence-electron chi connectivity index (χ1n) is 13.1. The molecule has 0 fully saturated rings. The van der Waals surface area contributed by atoms with Gasteiger partial charge in [0.1, 0.15) is 0 Å². The Morgan fingerprint density at radius 2 is 0.842 bits per heavy atom. The van der Waals surface area contributed by atoms with E-state index in [1.54, 1.807) is 0 Å². The molecule has 0 amide bonds. The van der Waals surface area contributed by atoms with Crippen LogP contribution in [0.4, 0.5) is 0 Å². The summed E-state index contributed by atoms with van der Waals surface area (Å²) in [6, 6.07) is 44.3. The number of benzene rings is 5. The Bertz CT molecular complexity index is 1700. The Kier molecular flexibility index (Phi) is 6.09. The second-order valence-corrected chi connectivity index (χ2v) is 10.7. The zero-order valence-corrected chi connectivity index (χ0v) is 22.0. The van der Waals surface area contributed by atoms with Crippen LogP contribution in [0, 0.1) is 0 Å². The van der Waals surface area contributed by atoms with Crippen LogP contribution in [0.2, 0.25) is 0 Å². The van der Waals surface area contributed by atoms with Gasteiger partial charge in [0, 0.05) is 22.3 Å². The van der Waals surface area contributed by atoms with Crippen LogP contribution in [0.1, 0.15) is 26.3 Å². The summed E-state index contributed by atoms with van der Waals surface area (Å²) in [4.78, 5) is 10.9. The van der Waals surface area contributed by atoms with Gasteiger partial charge in [-0.3, -0.25) is 0 Å². The summed E-state index contributed by atoms with van der Waals surface area (Å²) in [6.07, 6.45) is 0. The van der Waals surface area contributed by atoms with Crippen molar-refractivity contribution in [2.24, 2.45) is 0 Å². The predicted molar refractivity (Wildman–Crippen MR) is 160 cm³/mol. The lowest BCUT2D eigenvalue weighted by molar-refractivity contribution is 0.593. The highest BCUT2D eigenvalue weighted by Crippen LogP contribution is 2.43. The van der Waals surface area contributed by atoms with Crippen molar-refractivity contribution in [3.63, 3.8) is 0 Å². The highest BCUT2D eigenvalue weighted by Gasteiger charge is 2.26. The molecule has 0 radical (unpaired) electrons. The fourth-order valence-electron chi connectivity index (χ4n) is 5.13. The lowest BCUT2D eigenvalue weighted by Crippen LogP contribution is -2.14. The summed E-state index contributed by atoms with van der Waals surface area (Å²) in [5.41, 5.74) is 11.5. The van der Waals surface area contributed by atoms with E-state index in [4.69, 9.17) is 9.97 Å². The first-order valence-corrected chi connectivity index (χ1v) is 13.1. The zero-order valence-electron chi connectivity index (χ0n) is 22.0. The van der Waals surface area contributed by atoms with Gasteiger partial charge >= 0.3 is 0 Å². The summed E-state index contributed by atoms with van der Waals surface area (Å²) in [7, 11) is 0. The molecule has 0 unspecified atom stereocenters. The maximum atomic E-state index is 5.50. The second kappa shape index (κ2) is 9.72. The standard InChI is InChI=1S/C36H30N2/c1-36(2,3)30-24-29(25-16-8-4-9-17-25)34-35(31(30)26-18-10-5-11-19-26)38-33(28-22-14-7-15-23-28)32(37-34)27-20-12-6-13-21-27/h4-24H,1-3H3. The summed E-state index contributed by atoms with van der Waals surface area (Å²) in [5.74, 6) is 0. The first kappa shape index (κ1) is 23.8. The molecule has 0 spiro atoms. The van der Waals surface area contributed by atoms with Crippen molar-refractivity contribution in [1.29, 1.82) is 0 Å². The van der Waals surface area contributed by atoms with Crippen molar-refractivity contribution in [3.8, 4) is 44.8 Å². The number of hydrogen-bond acceptors (Lipinski definition) is 2. The monoisotopic (exact) mass is 490 g/mol. The molecule has 0 saturated carbocycles. The topological polar surface area (TPSA) is 25.8 Å². The number of aromatic nitrogens is 2. The molecule has 0 atom stereocenters. The van der Waals surface area contributed by atoms with E-state index in [1.807, 2.05) is 12.1 Å². The quantitative estimate of drug-likeness (QED) is 0.246. The molecular weight excluding hydrogens is 460 g/mol. The summed E-state index contributed by atoms with van der Waals surface area (Å²) < 4.78 is 0. The molecule has 0 bridgehead atoms. The van der Waals surface area contributed by atoms with Crippen LogP contribution in [-0.2, 0) is 5.41 Å². The minimum atomic E-state index is -0.102. The third kappa shape index (κ3) is 4.39. The highest BCUT2D eigenvalue weighted by molar-refractivity contribution is 6.04. The zero-order chi connectivity index (χ0) is 26.1. The molecule has 6 aromatic rings. The van der Waals surface area contributed by atoms with Crippen LogP contribution in [0.15, 0.2) is 127 Å². The van der Waals surface area contributed by atoms with Crippen molar-refractivity contribution in [2.45, 2.75) is 26.2 Å². The van der Waals surface area contributed by atoms with E-state index in [0.29, 0.717) is 0 Å². The molecule has 2 heteroatoms. The Hall–Kier alpha value is -4.56. The molecule has 6 rings (SSSR count). The van der Waals surface area contributed by atoms with Crippen molar-refractivity contribution >= 4 is 11.0 Å². The Labute approximate surface area is 224 Å². The average Bonchev–Trinajstić information content (AvgIpc) is 2.97. The van der Waals surface area contributed by atoms with E-state index in [9.17, 15) is 0 Å². The van der Waals surface area contributed by atoms with E-state index in [1.165, 1.54) is 5.56 Å². The molecule has 0 aliphatic carbocycles. The van der Waals surface area contributed by atoms with Crippen molar-refractivity contribution in [1.82, 2.24) is 9.97 Å². The fraction of sp³-hybridized carbons (Fsp3) is 0.111. The van der Waals surface area contributed by atoms with Crippen molar-refractivity contribution in [2.75, 3.05) is 0 Å². The smallest absolute Gasteiger partial charge is 0.0982 e. The number of hydrogen-bond donors (Lipinski definition) is 0. The van der Waals surface area contributed by atoms with Gasteiger partial charge in [0.05, 0.1) is 22.4 Å². The Balaban J connectivity index is 1.82. The molecule has 2 nitrogen and oxygen atoms in total. The largest absolute Gasteiger partial charge is 0.243 e. The van der Waals surface area contributed by atoms with Gasteiger partial charge in [-0.2, -0.15) is 0 Å². The van der Waals surface area contributed by atoms with Gasteiger partial charge in [0.15, 0.2) is 0 Å². The van der Waals surface area contributed by atoms with Gasteiger partial charge in [-0.25, -0.2) is 9.97 Å². The molecule has 0 saturated heterocycles. The summed E-state index contributed by atoms with van der Waals surface area (Å²) >= 11 is 0. The fourth-order valence-corrected chi connectivity index (χ4v) is 5.13. The van der Waals surface area contributed by atoms with E-state index >= 15 is 0 Å². The Morgan fingerprint density at radius 3 is 1.29 bits per heavy atom. The van der Waals surface area contributed by atoms with Crippen LogP contribution in [0.5, 0.6) is 0 Å². The molecule has 5 aromatic carbocycles. The third-order valence-electron chi connectivity index (χ3n) is 7.00. The molecule has 0 N–H and O–H groups in total. The minimum absolute atomic E-state index is 0.102. The van der Waals surface area contributed by atoms with E-state index in [0.717, 1.165) is 55.8 Å². The number of rotatable bonds is 4. The molecule has 1 aromatic heterocycles. The normalized spacial score (nSPS) is 11.6. The summed E-state index contributed by atoms with van der Waals surface area (Å²) in [6.45, 7) is 6.83. The van der Waals surface area contributed by atoms with Gasteiger partial charge in [0.2, 0.25) is 0 Å². The van der Waals surface area contributed by atoms with Crippen LogP contribution in [0.3, 0.4) is 0 Å². The van der Waals surface area contributed by atoms with Gasteiger partial charge < -0.3 is 0 Å². The van der Waals surface area contributed by atoms with Crippen LogP contribution >= 0.6 is 0 Å². The molecule has 184 valence electrons. The molecule has 0 aliphatic rings. The lowest BCUT2D eigenvalue weighted by atomic mass is 9.79. The second-order valence-electron chi connectivity index (χ2n) is 10.7. The molecule has 38 heavy (non-hydrogen) atoms. The summed E-state index contributed by atoms with van der Waals surface area (Å²) in [5, 5.41) is 0. The van der Waals surface area contributed by atoms with Crippen LogP contribution < -0.4 is 0 Å². The maximum absolute atomic E-state index is 5.50. The van der Waals surface area contributed by atoms with E-state index in [2.05, 4.69) is 136 Å². The van der Waals surface area contributed by atoms with Gasteiger partial charge in [-0.15, -0.1) is 0 Å². The number of fused-ring (bicyclic) bond motifs is 1. The minimum Gasteiger partial charge on any atom is -0.243 e. The molecular formula is C36H30N2. The maximum Gasteiger partial charge on any atom is 0.0982 e. The first-order chi connectivity index (χ1) is 18.5. The SMILES string of the molecule is CC(C)(C)c1cc(-c2ccccc2)c2nc(-c3ccccc3)c(-c3ccccc3)nc2c1-c1ccccc1. The van der Waals surface area contributed by atoms with Gasteiger partial charge in [-0.05, 0) is 28.2 Å². The average molecular weight is 491 g/mol. The van der Waals surface area contributed by atoms with Crippen LogP contribution in [0.25, 0.3) is 55.8 Å². The third-order valence-corrected chi connectivity index (χ3v) is 7.00. The van der Waals surface area contributed by atoms with E-state index in [-0.39, 0.29) is 5.41 Å². The van der Waals surface area contributed by atoms with Gasteiger partial charge in [0.25, 0.3) is 0 Å². The van der Waals surface area contributed by atoms with Crippen molar-refractivity contribution in [3.05, 3.63) is 133 Å². The molecule has 1 heterocycles. The predicted octanol–water partition coefficient (Wildman–Crippen LogP) is 9.60. The molecule has 0 aliphatic heterocycles. The van der Waals surface area contributed by atoms with Crippen LogP contribution in [-0.4, -0.2) is 9.97 Å². The van der Waals surface area contributed by atoms with Gasteiger partial charge in [-0.1, -0.05) is 142 Å². The number of nitrogens with zero attached hydrogens (tertiary/aromatic N) is 2. The van der Waals surface area contributed by atoms with E-state index < -0.39 is 0 Å². The lowest BCUT2D eigenvalue weighted by Gasteiger charge is -2.26. The Morgan fingerprint density at radius 1 is 0.447 bits per heavy atom. The van der Waals surface area contributed by atoms with Crippen molar-refractivity contribution < 1.29 is 0 Å². The highest BCUT2D eigenvalue weighted by atomic mass is 14.8.